The zero-order valence-corrected chi connectivity index (χ0v) is 26.2. The number of carbonyl (C=O) groups excluding carboxylic acids is 1. The van der Waals surface area contributed by atoms with E-state index < -0.39 is 5.69 Å². The van der Waals surface area contributed by atoms with Gasteiger partial charge in [-0.05, 0) is 37.7 Å². The van der Waals surface area contributed by atoms with Crippen LogP contribution in [0.2, 0.25) is 10.0 Å². The third kappa shape index (κ3) is 5.94. The van der Waals surface area contributed by atoms with Gasteiger partial charge in [0, 0.05) is 23.8 Å². The Balaban J connectivity index is 1.54. The van der Waals surface area contributed by atoms with Crippen molar-refractivity contribution in [3.8, 4) is 0 Å². The molecule has 0 bridgehead atoms. The minimum Gasteiger partial charge on any atom is -0.391 e. The quantitative estimate of drug-likeness (QED) is 0.0872. The number of aryl methyl sites for hydroxylation is 1. The molecule has 13 heteroatoms. The highest BCUT2D eigenvalue weighted by molar-refractivity contribution is 6.35. The third-order valence-corrected chi connectivity index (χ3v) is 8.66. The molecule has 0 aliphatic heterocycles. The lowest BCUT2D eigenvalue weighted by Gasteiger charge is -2.19. The van der Waals surface area contributed by atoms with Crippen molar-refractivity contribution in [3.63, 3.8) is 0 Å². The summed E-state index contributed by atoms with van der Waals surface area (Å²) < 4.78 is 3.21. The largest absolute Gasteiger partial charge is 0.391 e. The first-order chi connectivity index (χ1) is 21.3. The van der Waals surface area contributed by atoms with Crippen molar-refractivity contribution in [1.82, 2.24) is 29.1 Å². The summed E-state index contributed by atoms with van der Waals surface area (Å²) in [5.74, 6) is 0. The smallest absolute Gasteiger partial charge is 0.327 e. The number of fused-ring (bicyclic) bond motifs is 2. The lowest BCUT2D eigenvalue weighted by Crippen LogP contribution is -2.23. The summed E-state index contributed by atoms with van der Waals surface area (Å²) in [6.07, 6.45) is 6.35. The summed E-state index contributed by atoms with van der Waals surface area (Å²) in [7, 11) is 0. The number of oxime groups is 1. The molecular formula is C31H33Cl2N7O4. The number of aromatic nitrogens is 6. The van der Waals surface area contributed by atoms with Crippen LogP contribution in [0.15, 0.2) is 51.3 Å². The minimum atomic E-state index is -0.394. The molecule has 0 amide bonds. The number of halogens is 2. The van der Waals surface area contributed by atoms with Crippen molar-refractivity contribution in [2.24, 2.45) is 5.16 Å². The van der Waals surface area contributed by atoms with Gasteiger partial charge in [-0.2, -0.15) is 0 Å². The molecule has 5 rings (SSSR count). The Morgan fingerprint density at radius 3 is 2.23 bits per heavy atom. The summed E-state index contributed by atoms with van der Waals surface area (Å²) in [6.45, 7) is 6.26. The summed E-state index contributed by atoms with van der Waals surface area (Å²) in [6, 6.07) is 9.25. The van der Waals surface area contributed by atoms with Gasteiger partial charge in [0.1, 0.15) is 12.1 Å². The molecule has 4 aromatic heterocycles. The standard InChI is InChI=1S/C31H33Cl2N7O4/c1-4-19(5-2)39-26-21(14-35-44-17-18-10-8-7-9-11-18)25(33)24(36-29(26)38-31(39)43)13-12-20(6-3)40-27-22(16-41)23(32)15-34-28(27)37-30(40)42/h7-11,14-16,19-20H,4-6,12-13,17H2,1-3H3,(H,34,37,42)(H,36,38,43)/b35-14+. The summed E-state index contributed by atoms with van der Waals surface area (Å²) in [5, 5.41) is 4.70. The number of imidazole rings is 2. The van der Waals surface area contributed by atoms with Gasteiger partial charge in [0.25, 0.3) is 0 Å². The highest BCUT2D eigenvalue weighted by atomic mass is 35.5. The van der Waals surface area contributed by atoms with E-state index in [0.29, 0.717) is 58.5 Å². The molecule has 0 aliphatic carbocycles. The molecule has 1 atom stereocenters. The highest BCUT2D eigenvalue weighted by Gasteiger charge is 2.24. The van der Waals surface area contributed by atoms with Crippen LogP contribution < -0.4 is 11.4 Å². The average Bonchev–Trinajstić information content (AvgIpc) is 3.53. The molecule has 0 spiro atoms. The van der Waals surface area contributed by atoms with E-state index in [0.717, 1.165) is 18.4 Å². The maximum Gasteiger partial charge on any atom is 0.327 e. The molecule has 5 aromatic rings. The Hall–Kier alpha value is -4.22. The number of benzene rings is 1. The predicted molar refractivity (Wildman–Crippen MR) is 172 cm³/mol. The van der Waals surface area contributed by atoms with E-state index >= 15 is 0 Å². The molecule has 0 saturated heterocycles. The van der Waals surface area contributed by atoms with Crippen molar-refractivity contribution >= 4 is 58.0 Å². The molecule has 1 aromatic carbocycles. The molecule has 0 saturated carbocycles. The first-order valence-electron chi connectivity index (χ1n) is 14.6. The fourth-order valence-electron chi connectivity index (χ4n) is 5.65. The van der Waals surface area contributed by atoms with Gasteiger partial charge in [0.15, 0.2) is 17.6 Å². The molecule has 4 heterocycles. The number of nitrogens with zero attached hydrogens (tertiary/aromatic N) is 5. The van der Waals surface area contributed by atoms with Crippen molar-refractivity contribution in [3.05, 3.63) is 89.9 Å². The zero-order chi connectivity index (χ0) is 31.4. The zero-order valence-electron chi connectivity index (χ0n) is 24.6. The van der Waals surface area contributed by atoms with Crippen LogP contribution >= 0.6 is 23.2 Å². The van der Waals surface area contributed by atoms with Crippen LogP contribution in [0, 0.1) is 0 Å². The Morgan fingerprint density at radius 2 is 1.57 bits per heavy atom. The van der Waals surface area contributed by atoms with Gasteiger partial charge >= 0.3 is 11.4 Å². The first kappa shape index (κ1) is 31.2. The minimum absolute atomic E-state index is 0.0666. The maximum absolute atomic E-state index is 13.2. The molecule has 1 unspecified atom stereocenters. The van der Waals surface area contributed by atoms with Crippen LogP contribution in [-0.4, -0.2) is 41.6 Å². The second kappa shape index (κ2) is 13.6. The number of hydrogen-bond acceptors (Lipinski definition) is 7. The average molecular weight is 639 g/mol. The van der Waals surface area contributed by atoms with Gasteiger partial charge in [-0.25, -0.2) is 19.6 Å². The van der Waals surface area contributed by atoms with E-state index in [-0.39, 0.29) is 40.6 Å². The van der Waals surface area contributed by atoms with E-state index in [2.05, 4.69) is 20.1 Å². The molecule has 0 fully saturated rings. The van der Waals surface area contributed by atoms with Gasteiger partial charge in [-0.3, -0.25) is 23.9 Å². The normalized spacial score (nSPS) is 12.6. The molecule has 44 heavy (non-hydrogen) atoms. The monoisotopic (exact) mass is 637 g/mol. The van der Waals surface area contributed by atoms with Crippen LogP contribution in [0.5, 0.6) is 0 Å². The van der Waals surface area contributed by atoms with Crippen molar-refractivity contribution in [2.75, 3.05) is 0 Å². The molecule has 11 nitrogen and oxygen atoms in total. The van der Waals surface area contributed by atoms with E-state index in [9.17, 15) is 14.4 Å². The summed E-state index contributed by atoms with van der Waals surface area (Å²) >= 11 is 13.3. The van der Waals surface area contributed by atoms with Crippen molar-refractivity contribution in [2.45, 2.75) is 71.6 Å². The second-order valence-electron chi connectivity index (χ2n) is 10.5. The summed E-state index contributed by atoms with van der Waals surface area (Å²) in [4.78, 5) is 58.2. The van der Waals surface area contributed by atoms with Gasteiger partial charge in [0.2, 0.25) is 0 Å². The topological polar surface area (TPSA) is 140 Å². The van der Waals surface area contributed by atoms with Gasteiger partial charge in [0.05, 0.1) is 33.0 Å². The number of aldehydes is 1. The van der Waals surface area contributed by atoms with Crippen LogP contribution in [0.1, 0.15) is 85.7 Å². The Bertz CT molecular complexity index is 1940. The van der Waals surface area contributed by atoms with E-state index in [4.69, 9.17) is 33.0 Å². The van der Waals surface area contributed by atoms with Gasteiger partial charge in [-0.1, -0.05) is 79.5 Å². The van der Waals surface area contributed by atoms with Crippen LogP contribution in [0.3, 0.4) is 0 Å². The third-order valence-electron chi connectivity index (χ3n) is 7.94. The van der Waals surface area contributed by atoms with Crippen molar-refractivity contribution in [1.29, 1.82) is 0 Å². The number of hydrogen-bond donors (Lipinski definition) is 2. The van der Waals surface area contributed by atoms with E-state index in [1.165, 1.54) is 17.0 Å². The Kier molecular flexibility index (Phi) is 9.65. The highest BCUT2D eigenvalue weighted by Crippen LogP contribution is 2.32. The summed E-state index contributed by atoms with van der Waals surface area (Å²) in [5.41, 5.74) is 3.11. The number of rotatable bonds is 13. The number of aromatic amines is 2. The van der Waals surface area contributed by atoms with E-state index in [1.54, 1.807) is 4.57 Å². The Labute approximate surface area is 262 Å². The number of nitrogens with one attached hydrogen (secondary N) is 2. The number of carbonyl (C=O) groups is 1. The fraction of sp³-hybridized carbons (Fsp3) is 0.355. The number of pyridine rings is 2. The molecular weight excluding hydrogens is 605 g/mol. The lowest BCUT2D eigenvalue weighted by molar-refractivity contribution is 0.112. The van der Waals surface area contributed by atoms with Crippen LogP contribution in [0.4, 0.5) is 0 Å². The van der Waals surface area contributed by atoms with Gasteiger partial charge < -0.3 is 4.84 Å². The van der Waals surface area contributed by atoms with E-state index in [1.807, 2.05) is 51.1 Å². The fourth-order valence-corrected chi connectivity index (χ4v) is 6.11. The van der Waals surface area contributed by atoms with Crippen LogP contribution in [-0.2, 0) is 17.9 Å². The lowest BCUT2D eigenvalue weighted by atomic mass is 10.0. The Morgan fingerprint density at radius 1 is 0.932 bits per heavy atom. The van der Waals surface area contributed by atoms with Crippen LogP contribution in [0.25, 0.3) is 22.3 Å². The molecule has 0 radical (unpaired) electrons. The van der Waals surface area contributed by atoms with Gasteiger partial charge in [-0.15, -0.1) is 0 Å². The molecule has 0 aliphatic rings. The second-order valence-corrected chi connectivity index (χ2v) is 11.3. The first-order valence-corrected chi connectivity index (χ1v) is 15.3. The number of H-pyrrole nitrogens is 2. The molecule has 230 valence electrons. The van der Waals surface area contributed by atoms with Crippen molar-refractivity contribution < 1.29 is 9.63 Å². The molecule has 2 N–H and O–H groups in total. The maximum atomic E-state index is 13.2. The SMILES string of the molecule is CCC(CCc1nc2[nH]c(=O)n(C(CC)CC)c2c(/C=N/OCc2ccccc2)c1Cl)n1c(=O)[nH]c2ncc(Cl)c(C=O)c21. The predicted octanol–water partition coefficient (Wildman–Crippen LogP) is 6.38.